The van der Waals surface area contributed by atoms with E-state index in [2.05, 4.69) is 0 Å². The van der Waals surface area contributed by atoms with E-state index in [0.29, 0.717) is 24.5 Å². The number of esters is 1. The van der Waals surface area contributed by atoms with Crippen molar-refractivity contribution in [3.63, 3.8) is 0 Å². The normalized spacial score (nSPS) is 28.9. The van der Waals surface area contributed by atoms with Gasteiger partial charge in [-0.05, 0) is 25.2 Å². The van der Waals surface area contributed by atoms with Crippen molar-refractivity contribution in [2.24, 2.45) is 0 Å². The van der Waals surface area contributed by atoms with E-state index in [9.17, 15) is 4.79 Å². The number of hydrogen-bond donors (Lipinski definition) is 1. The third kappa shape index (κ3) is 3.06. The highest BCUT2D eigenvalue weighted by Gasteiger charge is 2.41. The molecule has 3 heterocycles. The van der Waals surface area contributed by atoms with Crippen molar-refractivity contribution in [2.75, 3.05) is 23.8 Å². The first-order valence-corrected chi connectivity index (χ1v) is 8.66. The van der Waals surface area contributed by atoms with E-state index < -0.39 is 0 Å². The van der Waals surface area contributed by atoms with Gasteiger partial charge in [-0.2, -0.15) is 11.8 Å². The minimum absolute atomic E-state index is 0.0496. The molecule has 116 valence electrons. The molecule has 2 saturated heterocycles. The van der Waals surface area contributed by atoms with Gasteiger partial charge in [0.15, 0.2) is 0 Å². The summed E-state index contributed by atoms with van der Waals surface area (Å²) in [5, 5.41) is 0. The summed E-state index contributed by atoms with van der Waals surface area (Å²) < 4.78 is 13.5. The first kappa shape index (κ1) is 14.8. The molecule has 2 aliphatic heterocycles. The molecule has 6 heteroatoms. The molecule has 1 aromatic heterocycles. The van der Waals surface area contributed by atoms with Crippen molar-refractivity contribution in [1.29, 1.82) is 0 Å². The molecule has 0 radical (unpaired) electrons. The second kappa shape index (κ2) is 5.93. The minimum atomic E-state index is -0.277. The van der Waals surface area contributed by atoms with Crippen molar-refractivity contribution >= 4 is 23.4 Å². The van der Waals surface area contributed by atoms with E-state index in [4.69, 9.17) is 15.2 Å². The lowest BCUT2D eigenvalue weighted by atomic mass is 9.91. The van der Waals surface area contributed by atoms with Crippen LogP contribution in [0, 0.1) is 0 Å². The van der Waals surface area contributed by atoms with Gasteiger partial charge in [0, 0.05) is 31.3 Å². The molecule has 1 aromatic rings. The number of aromatic nitrogens is 1. The van der Waals surface area contributed by atoms with Crippen LogP contribution in [0.4, 0.5) is 5.69 Å². The lowest BCUT2D eigenvalue weighted by Gasteiger charge is -2.37. The maximum absolute atomic E-state index is 12.4. The zero-order valence-electron chi connectivity index (χ0n) is 12.3. The summed E-state index contributed by atoms with van der Waals surface area (Å²) in [5.41, 5.74) is 6.83. The molecule has 2 atom stereocenters. The van der Waals surface area contributed by atoms with Crippen LogP contribution in [0.25, 0.3) is 0 Å². The van der Waals surface area contributed by atoms with Crippen LogP contribution in [0.15, 0.2) is 12.3 Å². The quantitative estimate of drug-likeness (QED) is 0.868. The van der Waals surface area contributed by atoms with Gasteiger partial charge in [-0.25, -0.2) is 4.79 Å². The summed E-state index contributed by atoms with van der Waals surface area (Å²) >= 11 is 1.92. The first-order chi connectivity index (χ1) is 10.1. The molecular weight excluding hydrogens is 288 g/mol. The summed E-state index contributed by atoms with van der Waals surface area (Å²) in [6.07, 6.45) is 4.38. The number of nitrogens with two attached hydrogens (primary N) is 1. The van der Waals surface area contributed by atoms with Crippen LogP contribution >= 0.6 is 11.8 Å². The second-order valence-electron chi connectivity index (χ2n) is 5.80. The zero-order valence-corrected chi connectivity index (χ0v) is 13.2. The first-order valence-electron chi connectivity index (χ1n) is 7.50. The monoisotopic (exact) mass is 310 g/mol. The van der Waals surface area contributed by atoms with Crippen molar-refractivity contribution in [3.8, 4) is 0 Å². The molecule has 2 unspecified atom stereocenters. The van der Waals surface area contributed by atoms with Crippen LogP contribution in [-0.2, 0) is 16.0 Å². The zero-order chi connectivity index (χ0) is 14.9. The van der Waals surface area contributed by atoms with Crippen LogP contribution in [0.2, 0.25) is 0 Å². The molecule has 0 saturated carbocycles. The van der Waals surface area contributed by atoms with Crippen LogP contribution in [-0.4, -0.2) is 40.4 Å². The number of rotatable bonds is 3. The van der Waals surface area contributed by atoms with Crippen molar-refractivity contribution in [2.45, 2.75) is 44.4 Å². The standard InChI is InChI=1S/C15H22N2O3S/c1-2-17-9-11(16)7-13(17)14(18)20-12-3-5-19-15(8-12)4-6-21-10-15/h7,9,12H,2-6,8,10,16H2,1H3. The Morgan fingerprint density at radius 2 is 2.52 bits per heavy atom. The van der Waals surface area contributed by atoms with E-state index >= 15 is 0 Å². The van der Waals surface area contributed by atoms with Gasteiger partial charge in [-0.3, -0.25) is 0 Å². The molecule has 21 heavy (non-hydrogen) atoms. The predicted molar refractivity (Wildman–Crippen MR) is 83.6 cm³/mol. The van der Waals surface area contributed by atoms with Gasteiger partial charge in [0.1, 0.15) is 11.8 Å². The number of hydrogen-bond acceptors (Lipinski definition) is 5. The molecule has 3 rings (SSSR count). The maximum atomic E-state index is 12.4. The van der Waals surface area contributed by atoms with Crippen LogP contribution in [0.1, 0.15) is 36.7 Å². The fourth-order valence-electron chi connectivity index (χ4n) is 3.12. The molecule has 2 aliphatic rings. The number of carbonyl (C=O) groups excluding carboxylic acids is 1. The third-order valence-electron chi connectivity index (χ3n) is 4.26. The van der Waals surface area contributed by atoms with E-state index in [0.717, 1.165) is 30.8 Å². The van der Waals surface area contributed by atoms with Crippen LogP contribution in [0.3, 0.4) is 0 Å². The van der Waals surface area contributed by atoms with Crippen molar-refractivity contribution in [3.05, 3.63) is 18.0 Å². The molecule has 1 spiro atoms. The Hall–Kier alpha value is -1.14. The molecule has 2 fully saturated rings. The average molecular weight is 310 g/mol. The SMILES string of the molecule is CCn1cc(N)cc1C(=O)OC1CCOC2(CCSC2)C1. The summed E-state index contributed by atoms with van der Waals surface area (Å²) in [6, 6.07) is 1.69. The van der Waals surface area contributed by atoms with Gasteiger partial charge in [0.25, 0.3) is 0 Å². The summed E-state index contributed by atoms with van der Waals surface area (Å²) in [7, 11) is 0. The van der Waals surface area contributed by atoms with Gasteiger partial charge in [0.2, 0.25) is 0 Å². The third-order valence-corrected chi connectivity index (χ3v) is 5.48. The molecular formula is C15H22N2O3S. The van der Waals surface area contributed by atoms with E-state index in [-0.39, 0.29) is 17.7 Å². The number of nitrogen functional groups attached to an aromatic ring is 1. The Morgan fingerprint density at radius 3 is 3.24 bits per heavy atom. The second-order valence-corrected chi connectivity index (χ2v) is 6.90. The fourth-order valence-corrected chi connectivity index (χ4v) is 4.50. The number of ether oxygens (including phenoxy) is 2. The molecule has 2 N–H and O–H groups in total. The summed E-state index contributed by atoms with van der Waals surface area (Å²) in [6.45, 7) is 3.36. The lowest BCUT2D eigenvalue weighted by molar-refractivity contribution is -0.106. The van der Waals surface area contributed by atoms with Gasteiger partial charge in [-0.15, -0.1) is 0 Å². The molecule has 0 bridgehead atoms. The number of anilines is 1. The highest BCUT2D eigenvalue weighted by molar-refractivity contribution is 7.99. The molecule has 0 aliphatic carbocycles. The minimum Gasteiger partial charge on any atom is -0.457 e. The maximum Gasteiger partial charge on any atom is 0.355 e. The van der Waals surface area contributed by atoms with E-state index in [1.165, 1.54) is 0 Å². The highest BCUT2D eigenvalue weighted by Crippen LogP contribution is 2.39. The van der Waals surface area contributed by atoms with Gasteiger partial charge < -0.3 is 19.8 Å². The van der Waals surface area contributed by atoms with E-state index in [1.807, 2.05) is 23.3 Å². The number of aryl methyl sites for hydroxylation is 1. The molecule has 0 aromatic carbocycles. The Labute approximate surface area is 129 Å². The number of nitrogens with zero attached hydrogens (tertiary/aromatic N) is 1. The Balaban J connectivity index is 1.66. The smallest absolute Gasteiger partial charge is 0.355 e. The van der Waals surface area contributed by atoms with Gasteiger partial charge in [-0.1, -0.05) is 0 Å². The van der Waals surface area contributed by atoms with E-state index in [1.54, 1.807) is 12.3 Å². The van der Waals surface area contributed by atoms with Crippen molar-refractivity contribution in [1.82, 2.24) is 4.57 Å². The lowest BCUT2D eigenvalue weighted by Crippen LogP contribution is -2.43. The van der Waals surface area contributed by atoms with Crippen molar-refractivity contribution < 1.29 is 14.3 Å². The summed E-state index contributed by atoms with van der Waals surface area (Å²) in [4.78, 5) is 12.4. The topological polar surface area (TPSA) is 66.5 Å². The predicted octanol–water partition coefficient (Wildman–Crippen LogP) is 2.30. The molecule has 0 amide bonds. The number of thioether (sulfide) groups is 1. The van der Waals surface area contributed by atoms with Gasteiger partial charge >= 0.3 is 5.97 Å². The fraction of sp³-hybridized carbons (Fsp3) is 0.667. The Bertz CT molecular complexity index is 523. The van der Waals surface area contributed by atoms with Crippen LogP contribution < -0.4 is 5.73 Å². The van der Waals surface area contributed by atoms with Crippen LogP contribution in [0.5, 0.6) is 0 Å². The molecule has 5 nitrogen and oxygen atoms in total. The number of carbonyl (C=O) groups is 1. The van der Waals surface area contributed by atoms with Gasteiger partial charge in [0.05, 0.1) is 17.9 Å². The average Bonchev–Trinajstić information content (AvgIpc) is 3.06. The largest absolute Gasteiger partial charge is 0.457 e. The summed E-state index contributed by atoms with van der Waals surface area (Å²) in [5.74, 6) is 1.87. The highest BCUT2D eigenvalue weighted by atomic mass is 32.2. The Kier molecular flexibility index (Phi) is 4.17. The Morgan fingerprint density at radius 1 is 1.67 bits per heavy atom.